The molecule has 162 valence electrons. The van der Waals surface area contributed by atoms with Gasteiger partial charge in [0.15, 0.2) is 0 Å². The van der Waals surface area contributed by atoms with Gasteiger partial charge < -0.3 is 5.32 Å². The van der Waals surface area contributed by atoms with Crippen molar-refractivity contribution in [2.75, 3.05) is 0 Å². The Morgan fingerprint density at radius 1 is 0.968 bits per heavy atom. The van der Waals surface area contributed by atoms with Gasteiger partial charge in [-0.05, 0) is 37.0 Å². The van der Waals surface area contributed by atoms with E-state index in [9.17, 15) is 14.4 Å². The molecule has 1 heterocycles. The smallest absolute Gasteiger partial charge is 0.281 e. The largest absolute Gasteiger partial charge is 0.340 e. The fourth-order valence-electron chi connectivity index (χ4n) is 3.19. The minimum atomic E-state index is -0.801. The van der Waals surface area contributed by atoms with Gasteiger partial charge in [0.2, 0.25) is 0 Å². The van der Waals surface area contributed by atoms with Crippen LogP contribution < -0.4 is 16.2 Å². The number of nitrogens with one attached hydrogen (secondary N) is 3. The summed E-state index contributed by atoms with van der Waals surface area (Å²) in [4.78, 5) is 38.3. The van der Waals surface area contributed by atoms with E-state index in [4.69, 9.17) is 11.6 Å². The normalized spacial score (nSPS) is 11.9. The lowest BCUT2D eigenvalue weighted by atomic mass is 10.0. The first kappa shape index (κ1) is 22.8. The first-order chi connectivity index (χ1) is 14.8. The number of hydrogen-bond donors (Lipinski definition) is 3. The average Bonchev–Trinajstić information content (AvgIpc) is 3.08. The highest BCUT2D eigenvalue weighted by atomic mass is 35.5. The van der Waals surface area contributed by atoms with Crippen molar-refractivity contribution in [3.63, 3.8) is 0 Å². The van der Waals surface area contributed by atoms with Crippen molar-refractivity contribution in [2.24, 2.45) is 5.92 Å². The zero-order valence-electron chi connectivity index (χ0n) is 17.5. The summed E-state index contributed by atoms with van der Waals surface area (Å²) in [6.45, 7) is 5.74. The van der Waals surface area contributed by atoms with E-state index >= 15 is 0 Å². The second kappa shape index (κ2) is 9.94. The maximum absolute atomic E-state index is 12.8. The fraction of sp³-hybridized carbons (Fsp3) is 0.261. The number of halogens is 1. The number of benzene rings is 2. The molecule has 0 aliphatic carbocycles. The third kappa shape index (κ3) is 5.42. The number of fused-ring (bicyclic) bond motifs is 1. The van der Waals surface area contributed by atoms with Crippen molar-refractivity contribution in [1.82, 2.24) is 16.2 Å². The SMILES string of the molecule is Cc1ccccc1C(=O)N[C@H](CC(C)C)C(=O)NNC(=O)c1sc2ccccc2c1Cl. The third-order valence-corrected chi connectivity index (χ3v) is 6.43. The van der Waals surface area contributed by atoms with Crippen LogP contribution in [-0.2, 0) is 4.79 Å². The average molecular weight is 458 g/mol. The molecule has 3 amide bonds. The highest BCUT2D eigenvalue weighted by Crippen LogP contribution is 2.34. The predicted octanol–water partition coefficient (Wildman–Crippen LogP) is 4.47. The van der Waals surface area contributed by atoms with Crippen LogP contribution >= 0.6 is 22.9 Å². The highest BCUT2D eigenvalue weighted by molar-refractivity contribution is 7.21. The van der Waals surface area contributed by atoms with Crippen molar-refractivity contribution in [3.8, 4) is 0 Å². The van der Waals surface area contributed by atoms with Crippen molar-refractivity contribution < 1.29 is 14.4 Å². The first-order valence-electron chi connectivity index (χ1n) is 9.91. The van der Waals surface area contributed by atoms with E-state index < -0.39 is 17.9 Å². The van der Waals surface area contributed by atoms with Crippen LogP contribution in [0.15, 0.2) is 48.5 Å². The summed E-state index contributed by atoms with van der Waals surface area (Å²) in [6, 6.07) is 13.8. The Morgan fingerprint density at radius 3 is 2.32 bits per heavy atom. The molecule has 0 aliphatic rings. The molecule has 3 N–H and O–H groups in total. The molecule has 0 spiro atoms. The van der Waals surface area contributed by atoms with Gasteiger partial charge in [0.25, 0.3) is 17.7 Å². The Bertz CT molecular complexity index is 1130. The summed E-state index contributed by atoms with van der Waals surface area (Å²) in [7, 11) is 0. The molecule has 0 aliphatic heterocycles. The van der Waals surface area contributed by atoms with E-state index in [1.54, 1.807) is 12.1 Å². The monoisotopic (exact) mass is 457 g/mol. The lowest BCUT2D eigenvalue weighted by Gasteiger charge is -2.20. The van der Waals surface area contributed by atoms with E-state index in [1.165, 1.54) is 11.3 Å². The molecule has 3 rings (SSSR count). The lowest BCUT2D eigenvalue weighted by molar-refractivity contribution is -0.124. The molecular formula is C23H24ClN3O3S. The van der Waals surface area contributed by atoms with E-state index in [0.717, 1.165) is 15.6 Å². The molecule has 0 saturated carbocycles. The predicted molar refractivity (Wildman–Crippen MR) is 124 cm³/mol. The van der Waals surface area contributed by atoms with Gasteiger partial charge in [-0.3, -0.25) is 25.2 Å². The lowest BCUT2D eigenvalue weighted by Crippen LogP contribution is -2.52. The van der Waals surface area contributed by atoms with Crippen LogP contribution in [0, 0.1) is 12.8 Å². The fourth-order valence-corrected chi connectivity index (χ4v) is 4.60. The molecule has 2 aromatic carbocycles. The minimum absolute atomic E-state index is 0.153. The molecule has 1 atom stereocenters. The molecule has 0 unspecified atom stereocenters. The Morgan fingerprint density at radius 2 is 1.65 bits per heavy atom. The van der Waals surface area contributed by atoms with Crippen LogP contribution in [0.25, 0.3) is 10.1 Å². The van der Waals surface area contributed by atoms with E-state index in [1.807, 2.05) is 57.2 Å². The quantitative estimate of drug-likeness (QED) is 0.477. The van der Waals surface area contributed by atoms with Crippen LogP contribution in [0.2, 0.25) is 5.02 Å². The summed E-state index contributed by atoms with van der Waals surface area (Å²) in [6.07, 6.45) is 0.420. The van der Waals surface area contributed by atoms with Crippen LogP contribution in [0.3, 0.4) is 0 Å². The number of rotatable bonds is 6. The Kier molecular flexibility index (Phi) is 7.30. The number of carbonyl (C=O) groups is 3. The number of thiophene rings is 1. The Balaban J connectivity index is 1.68. The Hall–Kier alpha value is -2.90. The number of aryl methyl sites for hydroxylation is 1. The van der Waals surface area contributed by atoms with E-state index in [-0.39, 0.29) is 11.8 Å². The maximum Gasteiger partial charge on any atom is 0.281 e. The van der Waals surface area contributed by atoms with E-state index in [0.29, 0.717) is 21.9 Å². The number of carbonyl (C=O) groups excluding carboxylic acids is 3. The number of hydrogen-bond acceptors (Lipinski definition) is 4. The molecule has 3 aromatic rings. The zero-order chi connectivity index (χ0) is 22.5. The molecule has 0 bridgehead atoms. The third-order valence-electron chi connectivity index (χ3n) is 4.76. The van der Waals surface area contributed by atoms with Gasteiger partial charge in [-0.15, -0.1) is 11.3 Å². The highest BCUT2D eigenvalue weighted by Gasteiger charge is 2.24. The number of amides is 3. The molecule has 31 heavy (non-hydrogen) atoms. The van der Waals surface area contributed by atoms with Crippen molar-refractivity contribution >= 4 is 50.7 Å². The van der Waals surface area contributed by atoms with Crippen LogP contribution in [-0.4, -0.2) is 23.8 Å². The molecule has 0 radical (unpaired) electrons. The van der Waals surface area contributed by atoms with Gasteiger partial charge in [0.05, 0.1) is 5.02 Å². The second-order valence-electron chi connectivity index (χ2n) is 7.66. The van der Waals surface area contributed by atoms with Crippen molar-refractivity contribution in [3.05, 3.63) is 69.6 Å². The van der Waals surface area contributed by atoms with Crippen LogP contribution in [0.4, 0.5) is 0 Å². The molecule has 8 heteroatoms. The standard InChI is InChI=1S/C23H24ClN3O3S/c1-13(2)12-17(25-21(28)15-9-5-4-8-14(15)3)22(29)26-27-23(30)20-19(24)16-10-6-7-11-18(16)31-20/h4-11,13,17H,12H2,1-3H3,(H,25,28)(H,26,29)(H,27,30)/t17-/m1/s1. The zero-order valence-corrected chi connectivity index (χ0v) is 19.1. The first-order valence-corrected chi connectivity index (χ1v) is 11.1. The summed E-state index contributed by atoms with van der Waals surface area (Å²) in [5.41, 5.74) is 6.16. The molecule has 6 nitrogen and oxygen atoms in total. The molecule has 1 aromatic heterocycles. The molecule has 0 saturated heterocycles. The van der Waals surface area contributed by atoms with Gasteiger partial charge >= 0.3 is 0 Å². The van der Waals surface area contributed by atoms with Gasteiger partial charge in [-0.1, -0.05) is 61.8 Å². The van der Waals surface area contributed by atoms with Crippen LogP contribution in [0.1, 0.15) is 45.9 Å². The van der Waals surface area contributed by atoms with Gasteiger partial charge in [-0.25, -0.2) is 0 Å². The van der Waals surface area contributed by atoms with Gasteiger partial charge in [0.1, 0.15) is 10.9 Å². The summed E-state index contributed by atoms with van der Waals surface area (Å²) in [5, 5.41) is 3.91. The van der Waals surface area contributed by atoms with Gasteiger partial charge in [-0.2, -0.15) is 0 Å². The minimum Gasteiger partial charge on any atom is -0.340 e. The van der Waals surface area contributed by atoms with E-state index in [2.05, 4.69) is 16.2 Å². The summed E-state index contributed by atoms with van der Waals surface area (Å²) < 4.78 is 0.882. The molecular weight excluding hydrogens is 434 g/mol. The number of hydrazine groups is 1. The van der Waals surface area contributed by atoms with Crippen LogP contribution in [0.5, 0.6) is 0 Å². The summed E-state index contributed by atoms with van der Waals surface area (Å²) in [5.74, 6) is -1.19. The van der Waals surface area contributed by atoms with Crippen molar-refractivity contribution in [1.29, 1.82) is 0 Å². The Labute approximate surface area is 190 Å². The summed E-state index contributed by atoms with van der Waals surface area (Å²) >= 11 is 7.58. The van der Waals surface area contributed by atoms with Gasteiger partial charge in [0, 0.05) is 15.6 Å². The maximum atomic E-state index is 12.8. The topological polar surface area (TPSA) is 87.3 Å². The van der Waals surface area contributed by atoms with Crippen molar-refractivity contribution in [2.45, 2.75) is 33.2 Å². The second-order valence-corrected chi connectivity index (χ2v) is 9.09. The molecule has 0 fully saturated rings.